The third kappa shape index (κ3) is 7.10. The van der Waals surface area contributed by atoms with Crippen LogP contribution in [-0.2, 0) is 6.42 Å². The number of nitrogens with zero attached hydrogens (tertiary/aromatic N) is 3. The van der Waals surface area contributed by atoms with Gasteiger partial charge in [0.05, 0.1) is 6.04 Å². The predicted molar refractivity (Wildman–Crippen MR) is 248 cm³/mol. The van der Waals surface area contributed by atoms with Crippen molar-refractivity contribution in [1.82, 2.24) is 15.0 Å². The minimum absolute atomic E-state index is 0.161. The molecule has 2 aromatic heterocycles. The third-order valence-corrected chi connectivity index (χ3v) is 12.1. The van der Waals surface area contributed by atoms with E-state index >= 15 is 0 Å². The first-order chi connectivity index (χ1) is 28.5. The van der Waals surface area contributed by atoms with Crippen LogP contribution in [0, 0.1) is 0 Å². The highest BCUT2D eigenvalue weighted by atomic mass is 32.1. The molecular weight excluding hydrogens is 725 g/mol. The summed E-state index contributed by atoms with van der Waals surface area (Å²) >= 11 is 1.85. The summed E-state index contributed by atoms with van der Waals surface area (Å²) in [6.07, 6.45) is 18.8. The summed E-state index contributed by atoms with van der Waals surface area (Å²) in [5, 5.41) is 5.19. The summed E-state index contributed by atoms with van der Waals surface area (Å²) in [7, 11) is 0. The maximum Gasteiger partial charge on any atom is 0.164 e. The summed E-state index contributed by atoms with van der Waals surface area (Å²) in [4.78, 5) is 16.1. The Kier molecular flexibility index (Phi) is 10.2. The Labute approximate surface area is 345 Å². The van der Waals surface area contributed by atoms with Gasteiger partial charge in [-0.2, -0.15) is 0 Å². The number of hydrogen-bond donors (Lipinski definition) is 1. The lowest BCUT2D eigenvalue weighted by Gasteiger charge is -2.27. The Morgan fingerprint density at radius 3 is 2.12 bits per heavy atom. The molecule has 2 unspecified atom stereocenters. The van der Waals surface area contributed by atoms with Gasteiger partial charge in [-0.15, -0.1) is 11.3 Å². The first-order valence-corrected chi connectivity index (χ1v) is 20.7. The van der Waals surface area contributed by atoms with E-state index in [1.54, 1.807) is 0 Å². The van der Waals surface area contributed by atoms with Crippen LogP contribution in [0.1, 0.15) is 59.4 Å². The number of aromatic nitrogens is 3. The van der Waals surface area contributed by atoms with E-state index in [4.69, 9.17) is 15.0 Å². The molecule has 0 spiro atoms. The summed E-state index contributed by atoms with van der Waals surface area (Å²) in [6, 6.07) is 42.2. The van der Waals surface area contributed by atoms with Crippen LogP contribution in [0.25, 0.3) is 67.5 Å². The van der Waals surface area contributed by atoms with Gasteiger partial charge in [0.15, 0.2) is 17.5 Å². The molecule has 5 heteroatoms. The van der Waals surface area contributed by atoms with E-state index in [1.165, 1.54) is 54.1 Å². The molecule has 9 rings (SSSR count). The molecule has 4 nitrogen and oxygen atoms in total. The fourth-order valence-electron chi connectivity index (χ4n) is 8.30. The third-order valence-electron chi connectivity index (χ3n) is 10.9. The number of allylic oxidation sites excluding steroid dienone is 7. The molecule has 5 aromatic carbocycles. The molecule has 0 radical (unpaired) electrons. The van der Waals surface area contributed by atoms with Crippen LogP contribution < -0.4 is 5.32 Å². The normalized spacial score (nSPS) is 16.1. The molecule has 1 aliphatic heterocycles. The van der Waals surface area contributed by atoms with E-state index in [1.807, 2.05) is 72.0 Å². The summed E-state index contributed by atoms with van der Waals surface area (Å²) in [5.74, 6) is 2.23. The molecule has 2 aliphatic rings. The first-order valence-electron chi connectivity index (χ1n) is 19.9. The summed E-state index contributed by atoms with van der Waals surface area (Å²) in [6.45, 7) is 10.8. The number of hydrogen-bond acceptors (Lipinski definition) is 5. The molecule has 58 heavy (non-hydrogen) atoms. The average Bonchev–Trinajstić information content (AvgIpc) is 3.83. The second-order valence-corrected chi connectivity index (χ2v) is 16.0. The quantitative estimate of drug-likeness (QED) is 0.111. The maximum absolute atomic E-state index is 4.98. The van der Waals surface area contributed by atoms with E-state index < -0.39 is 0 Å². The van der Waals surface area contributed by atoms with Gasteiger partial charge in [-0.1, -0.05) is 158 Å². The smallest absolute Gasteiger partial charge is 0.164 e. The summed E-state index contributed by atoms with van der Waals surface area (Å²) in [5.41, 5.74) is 14.0. The topological polar surface area (TPSA) is 50.7 Å². The van der Waals surface area contributed by atoms with Crippen molar-refractivity contribution >= 4 is 50.4 Å². The van der Waals surface area contributed by atoms with Crippen LogP contribution >= 0.6 is 11.3 Å². The molecule has 0 amide bonds. The number of rotatable bonds is 10. The molecule has 282 valence electrons. The van der Waals surface area contributed by atoms with Gasteiger partial charge in [-0.25, -0.2) is 15.0 Å². The summed E-state index contributed by atoms with van der Waals surface area (Å²) < 4.78 is 1.27. The van der Waals surface area contributed by atoms with E-state index in [-0.39, 0.29) is 12.0 Å². The molecule has 1 N–H and O–H groups in total. The Bertz CT molecular complexity index is 2780. The van der Waals surface area contributed by atoms with Gasteiger partial charge in [-0.05, 0) is 90.4 Å². The largest absolute Gasteiger partial charge is 0.377 e. The maximum atomic E-state index is 4.98. The molecule has 0 fully saturated rings. The number of anilines is 1. The number of para-hydroxylation sites is 1. The van der Waals surface area contributed by atoms with Crippen molar-refractivity contribution < 1.29 is 0 Å². The first kappa shape index (κ1) is 36.9. The van der Waals surface area contributed by atoms with Crippen LogP contribution in [-0.4, -0.2) is 21.0 Å². The van der Waals surface area contributed by atoms with Gasteiger partial charge in [0, 0.05) is 43.3 Å². The van der Waals surface area contributed by atoms with E-state index in [0.717, 1.165) is 34.2 Å². The van der Waals surface area contributed by atoms with E-state index in [9.17, 15) is 0 Å². The molecule has 7 aromatic rings. The highest BCUT2D eigenvalue weighted by Crippen LogP contribution is 2.48. The molecule has 0 saturated heterocycles. The van der Waals surface area contributed by atoms with Crippen molar-refractivity contribution in [3.63, 3.8) is 0 Å². The number of benzene rings is 5. The van der Waals surface area contributed by atoms with Gasteiger partial charge in [0.1, 0.15) is 0 Å². The number of nitrogens with one attached hydrogen (secondary N) is 1. The minimum atomic E-state index is 0.161. The van der Waals surface area contributed by atoms with Crippen molar-refractivity contribution in [2.75, 3.05) is 5.32 Å². The molecule has 2 atom stereocenters. The van der Waals surface area contributed by atoms with Crippen molar-refractivity contribution in [3.05, 3.63) is 203 Å². The predicted octanol–water partition coefficient (Wildman–Crippen LogP) is 13.9. The Morgan fingerprint density at radius 2 is 1.43 bits per heavy atom. The minimum Gasteiger partial charge on any atom is -0.377 e. The van der Waals surface area contributed by atoms with Crippen molar-refractivity contribution in [3.8, 4) is 34.2 Å². The van der Waals surface area contributed by atoms with Crippen LogP contribution in [0.2, 0.25) is 0 Å². The molecular formula is C53H44N4S. The number of thiophene rings is 1. The Balaban J connectivity index is 1.14. The van der Waals surface area contributed by atoms with E-state index in [2.05, 4.69) is 142 Å². The SMILES string of the molecule is C=C(C)Cc1c(/C=C/c2cccc(-c3nc(-c4ccccc4)nc(-c4ccccc4)n3)c2)sc2ccc(C3=CC=CC4c5ccccc5NC34)c(C(/C=C\C)=C/C)c12. The van der Waals surface area contributed by atoms with Crippen molar-refractivity contribution in [1.29, 1.82) is 0 Å². The van der Waals surface area contributed by atoms with Crippen LogP contribution in [0.5, 0.6) is 0 Å². The molecule has 3 heterocycles. The zero-order chi connectivity index (χ0) is 39.6. The molecule has 0 bridgehead atoms. The lowest BCUT2D eigenvalue weighted by molar-refractivity contribution is 0.821. The van der Waals surface area contributed by atoms with Crippen molar-refractivity contribution in [2.24, 2.45) is 0 Å². The average molecular weight is 769 g/mol. The van der Waals surface area contributed by atoms with Crippen LogP contribution in [0.4, 0.5) is 5.69 Å². The van der Waals surface area contributed by atoms with Gasteiger partial charge in [0.2, 0.25) is 0 Å². The Morgan fingerprint density at radius 1 is 0.759 bits per heavy atom. The fraction of sp³-hybridized carbons (Fsp3) is 0.113. The van der Waals surface area contributed by atoms with Gasteiger partial charge in [-0.3, -0.25) is 0 Å². The van der Waals surface area contributed by atoms with Crippen LogP contribution in [0.3, 0.4) is 0 Å². The zero-order valence-corrected chi connectivity index (χ0v) is 33.8. The monoisotopic (exact) mass is 768 g/mol. The van der Waals surface area contributed by atoms with Gasteiger partial charge in [0.25, 0.3) is 0 Å². The van der Waals surface area contributed by atoms with Gasteiger partial charge < -0.3 is 5.32 Å². The highest BCUT2D eigenvalue weighted by Gasteiger charge is 2.36. The van der Waals surface area contributed by atoms with Crippen LogP contribution in [0.15, 0.2) is 170 Å². The highest BCUT2D eigenvalue weighted by molar-refractivity contribution is 7.20. The standard InChI is InChI=1S/C53H44N4S/c1-5-17-36(6-2)48-41(43-26-16-25-42-40-24-13-14-27-45(40)54-50(42)43)29-31-47-49(48)44(32-34(3)4)46(58-47)30-28-35-18-15-23-39(33-35)53-56-51(37-19-9-7-10-20-37)55-52(57-53)38-21-11-8-12-22-38/h5-31,33,42,50,54H,3,32H2,1-2,4H3/b17-5-,30-28+,36-6+. The Hall–Kier alpha value is -6.69. The lowest BCUT2D eigenvalue weighted by atomic mass is 9.80. The fourth-order valence-corrected chi connectivity index (χ4v) is 9.43. The molecule has 1 aliphatic carbocycles. The lowest BCUT2D eigenvalue weighted by Crippen LogP contribution is -2.23. The molecule has 0 saturated carbocycles. The van der Waals surface area contributed by atoms with E-state index in [0.29, 0.717) is 17.5 Å². The van der Waals surface area contributed by atoms with Gasteiger partial charge >= 0.3 is 0 Å². The second-order valence-electron chi connectivity index (χ2n) is 14.9. The second kappa shape index (κ2) is 16.0. The number of fused-ring (bicyclic) bond motifs is 4. The zero-order valence-electron chi connectivity index (χ0n) is 33.0. The van der Waals surface area contributed by atoms with Crippen molar-refractivity contribution in [2.45, 2.75) is 39.2 Å².